The Labute approximate surface area is 77.4 Å². The highest BCUT2D eigenvalue weighted by molar-refractivity contribution is 6.01. The summed E-state index contributed by atoms with van der Waals surface area (Å²) in [6, 6.07) is 0. The molecule has 0 saturated carbocycles. The van der Waals surface area contributed by atoms with Crippen LogP contribution in [0, 0.1) is 0 Å². The zero-order valence-electron chi connectivity index (χ0n) is 7.96. The number of carbonyl (C=O) groups is 2. The minimum absolute atomic E-state index is 0.0149. The molecule has 13 heavy (non-hydrogen) atoms. The van der Waals surface area contributed by atoms with Gasteiger partial charge in [-0.3, -0.25) is 9.59 Å². The molecule has 0 aliphatic carbocycles. The van der Waals surface area contributed by atoms with Crippen LogP contribution in [0.5, 0.6) is 0 Å². The van der Waals surface area contributed by atoms with Gasteiger partial charge in [0.1, 0.15) is 0 Å². The first-order chi connectivity index (χ1) is 6.06. The Morgan fingerprint density at radius 3 is 2.77 bits per heavy atom. The molecular weight excluding hydrogens is 168 g/mol. The zero-order valence-corrected chi connectivity index (χ0v) is 7.96. The summed E-state index contributed by atoms with van der Waals surface area (Å²) >= 11 is 0. The molecule has 1 amide bonds. The standard InChI is InChI=1S/C9H14N2O2/c1-3-8(12)6-4-9(13)11(2)5-7(6)10/h3-5,10H2,1-2H3. The van der Waals surface area contributed by atoms with Gasteiger partial charge in [0.05, 0.1) is 13.0 Å². The number of hydrogen-bond donors (Lipinski definition) is 1. The van der Waals surface area contributed by atoms with Crippen molar-refractivity contribution in [1.82, 2.24) is 4.90 Å². The quantitative estimate of drug-likeness (QED) is 0.655. The van der Waals surface area contributed by atoms with E-state index in [0.29, 0.717) is 24.2 Å². The van der Waals surface area contributed by atoms with Gasteiger partial charge in [-0.25, -0.2) is 0 Å². The molecule has 0 fully saturated rings. The van der Waals surface area contributed by atoms with Gasteiger partial charge in [-0.2, -0.15) is 0 Å². The van der Waals surface area contributed by atoms with Crippen LogP contribution in [0.15, 0.2) is 11.3 Å². The van der Waals surface area contributed by atoms with Crippen molar-refractivity contribution in [3.63, 3.8) is 0 Å². The van der Waals surface area contributed by atoms with E-state index in [1.165, 1.54) is 4.90 Å². The largest absolute Gasteiger partial charge is 0.400 e. The van der Waals surface area contributed by atoms with Gasteiger partial charge in [-0.15, -0.1) is 0 Å². The van der Waals surface area contributed by atoms with Gasteiger partial charge in [0.15, 0.2) is 5.78 Å². The number of amides is 1. The van der Waals surface area contributed by atoms with Gasteiger partial charge in [0.25, 0.3) is 0 Å². The number of nitrogens with two attached hydrogens (primary N) is 1. The van der Waals surface area contributed by atoms with Crippen LogP contribution in [0.1, 0.15) is 19.8 Å². The van der Waals surface area contributed by atoms with E-state index in [0.717, 1.165) is 0 Å². The second-order valence-electron chi connectivity index (χ2n) is 3.21. The molecule has 0 saturated heterocycles. The van der Waals surface area contributed by atoms with Gasteiger partial charge in [-0.05, 0) is 0 Å². The van der Waals surface area contributed by atoms with Crippen molar-refractivity contribution in [3.05, 3.63) is 11.3 Å². The monoisotopic (exact) mass is 182 g/mol. The van der Waals surface area contributed by atoms with Crippen molar-refractivity contribution < 1.29 is 9.59 Å². The molecule has 0 unspecified atom stereocenters. The molecule has 0 radical (unpaired) electrons. The molecular formula is C9H14N2O2. The molecule has 0 aromatic rings. The lowest BCUT2D eigenvalue weighted by atomic mass is 9.99. The lowest BCUT2D eigenvalue weighted by Gasteiger charge is -2.24. The number of rotatable bonds is 2. The molecule has 4 heteroatoms. The Bertz CT molecular complexity index is 281. The molecule has 1 heterocycles. The highest BCUT2D eigenvalue weighted by atomic mass is 16.2. The van der Waals surface area contributed by atoms with Gasteiger partial charge >= 0.3 is 0 Å². The molecule has 1 rings (SSSR count). The Morgan fingerprint density at radius 2 is 2.23 bits per heavy atom. The first-order valence-electron chi connectivity index (χ1n) is 4.31. The highest BCUT2D eigenvalue weighted by Gasteiger charge is 2.24. The topological polar surface area (TPSA) is 63.4 Å². The summed E-state index contributed by atoms with van der Waals surface area (Å²) in [5.41, 5.74) is 6.71. The number of carbonyl (C=O) groups excluding carboxylic acids is 2. The summed E-state index contributed by atoms with van der Waals surface area (Å²) in [7, 11) is 1.68. The average molecular weight is 182 g/mol. The van der Waals surface area contributed by atoms with Crippen molar-refractivity contribution in [2.24, 2.45) is 5.73 Å². The van der Waals surface area contributed by atoms with Crippen LogP contribution in [0.4, 0.5) is 0 Å². The number of hydrogen-bond acceptors (Lipinski definition) is 3. The van der Waals surface area contributed by atoms with Crippen LogP contribution in [0.3, 0.4) is 0 Å². The summed E-state index contributed by atoms with van der Waals surface area (Å²) in [5.74, 6) is -0.0510. The van der Waals surface area contributed by atoms with E-state index in [-0.39, 0.29) is 18.1 Å². The van der Waals surface area contributed by atoms with Crippen molar-refractivity contribution in [2.45, 2.75) is 19.8 Å². The van der Waals surface area contributed by atoms with Crippen molar-refractivity contribution >= 4 is 11.7 Å². The van der Waals surface area contributed by atoms with Crippen LogP contribution in [0.25, 0.3) is 0 Å². The number of ketones is 1. The van der Waals surface area contributed by atoms with Crippen molar-refractivity contribution in [1.29, 1.82) is 0 Å². The van der Waals surface area contributed by atoms with E-state index in [1.54, 1.807) is 14.0 Å². The van der Waals surface area contributed by atoms with E-state index in [4.69, 9.17) is 5.73 Å². The molecule has 4 nitrogen and oxygen atoms in total. The summed E-state index contributed by atoms with van der Waals surface area (Å²) in [4.78, 5) is 24.1. The maximum atomic E-state index is 11.3. The van der Waals surface area contributed by atoms with Crippen LogP contribution >= 0.6 is 0 Å². The lowest BCUT2D eigenvalue weighted by molar-refractivity contribution is -0.130. The van der Waals surface area contributed by atoms with Crippen molar-refractivity contribution in [2.75, 3.05) is 13.6 Å². The van der Waals surface area contributed by atoms with Crippen LogP contribution in [-0.2, 0) is 9.59 Å². The van der Waals surface area contributed by atoms with E-state index in [2.05, 4.69) is 0 Å². The highest BCUT2D eigenvalue weighted by Crippen LogP contribution is 2.16. The molecule has 0 aromatic heterocycles. The summed E-state index contributed by atoms with van der Waals surface area (Å²) in [6.45, 7) is 2.14. The Balaban J connectivity index is 2.90. The Morgan fingerprint density at radius 1 is 1.62 bits per heavy atom. The van der Waals surface area contributed by atoms with Gasteiger partial charge < -0.3 is 10.6 Å². The number of likely N-dealkylation sites (N-methyl/N-ethyl adjacent to an activating group) is 1. The Hall–Kier alpha value is -1.32. The Kier molecular flexibility index (Phi) is 2.70. The third kappa shape index (κ3) is 1.88. The van der Waals surface area contributed by atoms with Gasteiger partial charge in [-0.1, -0.05) is 6.92 Å². The van der Waals surface area contributed by atoms with Crippen LogP contribution in [-0.4, -0.2) is 30.2 Å². The molecule has 0 atom stereocenters. The van der Waals surface area contributed by atoms with Crippen molar-refractivity contribution in [3.8, 4) is 0 Å². The van der Waals surface area contributed by atoms with E-state index >= 15 is 0 Å². The molecule has 72 valence electrons. The first-order valence-corrected chi connectivity index (χ1v) is 4.31. The fourth-order valence-corrected chi connectivity index (χ4v) is 1.33. The lowest BCUT2D eigenvalue weighted by Crippen LogP contribution is -2.37. The third-order valence-corrected chi connectivity index (χ3v) is 2.21. The van der Waals surface area contributed by atoms with Crippen LogP contribution < -0.4 is 5.73 Å². The average Bonchev–Trinajstić information content (AvgIpc) is 2.10. The smallest absolute Gasteiger partial charge is 0.227 e. The van der Waals surface area contributed by atoms with E-state index in [1.807, 2.05) is 0 Å². The number of nitrogens with zero attached hydrogens (tertiary/aromatic N) is 1. The molecule has 2 N–H and O–H groups in total. The minimum Gasteiger partial charge on any atom is -0.400 e. The van der Waals surface area contributed by atoms with E-state index in [9.17, 15) is 9.59 Å². The van der Waals surface area contributed by atoms with Gasteiger partial charge in [0, 0.05) is 24.7 Å². The van der Waals surface area contributed by atoms with E-state index < -0.39 is 0 Å². The molecule has 0 bridgehead atoms. The zero-order chi connectivity index (χ0) is 10.0. The number of Topliss-reactive ketones (excluding diaryl/α,β-unsaturated/α-hetero) is 1. The van der Waals surface area contributed by atoms with Crippen LogP contribution in [0.2, 0.25) is 0 Å². The summed E-state index contributed by atoms with van der Waals surface area (Å²) in [5, 5.41) is 0. The second-order valence-corrected chi connectivity index (χ2v) is 3.21. The minimum atomic E-state index is -0.0361. The SMILES string of the molecule is CCC(=O)C1=C(N)CN(C)C(=O)C1. The summed E-state index contributed by atoms with van der Waals surface area (Å²) in [6.07, 6.45) is 0.571. The second kappa shape index (κ2) is 3.60. The summed E-state index contributed by atoms with van der Waals surface area (Å²) < 4.78 is 0. The maximum Gasteiger partial charge on any atom is 0.227 e. The molecule has 1 aliphatic heterocycles. The van der Waals surface area contributed by atoms with Gasteiger partial charge in [0.2, 0.25) is 5.91 Å². The first kappa shape index (κ1) is 9.77. The molecule has 0 aromatic carbocycles. The molecule has 0 spiro atoms. The third-order valence-electron chi connectivity index (χ3n) is 2.21. The molecule has 1 aliphatic rings. The maximum absolute atomic E-state index is 11.3. The predicted octanol–water partition coefficient (Wildman–Crippen LogP) is 0.0404. The predicted molar refractivity (Wildman–Crippen MR) is 48.8 cm³/mol. The fraction of sp³-hybridized carbons (Fsp3) is 0.556. The fourth-order valence-electron chi connectivity index (χ4n) is 1.33. The normalized spacial score (nSPS) is 18.0.